The van der Waals surface area contributed by atoms with Gasteiger partial charge in [-0.2, -0.15) is 0 Å². The van der Waals surface area contributed by atoms with Crippen LogP contribution in [0.5, 0.6) is 0 Å². The normalized spacial score (nSPS) is 22.9. The molecule has 0 aliphatic carbocycles. The largest absolute Gasteiger partial charge is 0.444 e. The van der Waals surface area contributed by atoms with Crippen molar-refractivity contribution in [1.82, 2.24) is 9.80 Å². The smallest absolute Gasteiger partial charge is 0.410 e. The zero-order chi connectivity index (χ0) is 13.9. The van der Waals surface area contributed by atoms with Crippen LogP contribution < -0.4 is 0 Å². The zero-order valence-corrected chi connectivity index (χ0v) is 12.1. The van der Waals surface area contributed by atoms with Crippen molar-refractivity contribution in [2.45, 2.75) is 38.9 Å². The highest BCUT2D eigenvalue weighted by Crippen LogP contribution is 2.19. The van der Waals surface area contributed by atoms with Gasteiger partial charge in [0.1, 0.15) is 5.60 Å². The Morgan fingerprint density at radius 3 is 2.61 bits per heavy atom. The number of amides is 1. The minimum atomic E-state index is -0.496. The first-order valence-corrected chi connectivity index (χ1v) is 6.50. The van der Waals surface area contributed by atoms with Crippen LogP contribution in [0.25, 0.3) is 0 Å². The second kappa shape index (κ2) is 5.89. The summed E-state index contributed by atoms with van der Waals surface area (Å²) >= 11 is 0. The Balaban J connectivity index is 2.39. The summed E-state index contributed by atoms with van der Waals surface area (Å²) in [6, 6.07) is 0. The van der Waals surface area contributed by atoms with Gasteiger partial charge in [-0.15, -0.1) is 0 Å². The molecule has 1 aliphatic heterocycles. The van der Waals surface area contributed by atoms with Crippen molar-refractivity contribution in [2.75, 3.05) is 33.7 Å². The van der Waals surface area contributed by atoms with E-state index in [1.807, 2.05) is 27.8 Å². The molecule has 1 rings (SSSR count). The number of carbonyl (C=O) groups is 1. The highest BCUT2D eigenvalue weighted by Gasteiger charge is 2.29. The van der Waals surface area contributed by atoms with E-state index in [0.717, 1.165) is 19.5 Å². The Morgan fingerprint density at radius 2 is 2.17 bits per heavy atom. The monoisotopic (exact) mass is 258 g/mol. The molecular formula is C13H26N2O3. The van der Waals surface area contributed by atoms with Crippen LogP contribution in [-0.2, 0) is 4.74 Å². The van der Waals surface area contributed by atoms with Gasteiger partial charge in [-0.3, -0.25) is 0 Å². The van der Waals surface area contributed by atoms with Gasteiger partial charge in [-0.25, -0.2) is 4.79 Å². The summed E-state index contributed by atoms with van der Waals surface area (Å²) in [4.78, 5) is 15.4. The number of likely N-dealkylation sites (tertiary alicyclic amines) is 1. The van der Waals surface area contributed by atoms with Crippen LogP contribution in [0.2, 0.25) is 0 Å². The summed E-state index contributed by atoms with van der Waals surface area (Å²) in [6.07, 6.45) is 0.125. The average molecular weight is 258 g/mol. The molecule has 106 valence electrons. The fraction of sp³-hybridized carbons (Fsp3) is 0.923. The number of rotatable bonds is 3. The van der Waals surface area contributed by atoms with Gasteiger partial charge in [0.25, 0.3) is 0 Å². The van der Waals surface area contributed by atoms with E-state index in [4.69, 9.17) is 4.74 Å². The Kier molecular flexibility index (Phi) is 4.99. The Morgan fingerprint density at radius 1 is 1.56 bits per heavy atom. The molecule has 1 aliphatic rings. The van der Waals surface area contributed by atoms with E-state index in [2.05, 4.69) is 4.90 Å². The number of likely N-dealkylation sites (N-methyl/N-ethyl adjacent to an activating group) is 1. The van der Waals surface area contributed by atoms with Gasteiger partial charge in [0.05, 0.1) is 6.10 Å². The SMILES string of the molecule is CN1CCC(C(O)CN(C)C(=O)OC(C)(C)C)C1. The molecule has 1 N–H and O–H groups in total. The van der Waals surface area contributed by atoms with Crippen LogP contribution >= 0.6 is 0 Å². The number of carbonyl (C=O) groups excluding carboxylic acids is 1. The third-order valence-electron chi connectivity index (χ3n) is 3.14. The quantitative estimate of drug-likeness (QED) is 0.825. The lowest BCUT2D eigenvalue weighted by Crippen LogP contribution is -2.41. The molecule has 1 amide bonds. The molecule has 1 saturated heterocycles. The summed E-state index contributed by atoms with van der Waals surface area (Å²) in [6.45, 7) is 7.73. The van der Waals surface area contributed by atoms with E-state index < -0.39 is 11.7 Å². The van der Waals surface area contributed by atoms with Crippen molar-refractivity contribution in [3.05, 3.63) is 0 Å². The topological polar surface area (TPSA) is 53.0 Å². The maximum Gasteiger partial charge on any atom is 0.410 e. The Hall–Kier alpha value is -0.810. The van der Waals surface area contributed by atoms with Gasteiger partial charge in [0.2, 0.25) is 0 Å². The highest BCUT2D eigenvalue weighted by molar-refractivity contribution is 5.67. The van der Waals surface area contributed by atoms with E-state index in [1.54, 1.807) is 7.05 Å². The van der Waals surface area contributed by atoms with Gasteiger partial charge < -0.3 is 19.6 Å². The highest BCUT2D eigenvalue weighted by atomic mass is 16.6. The van der Waals surface area contributed by atoms with Crippen LogP contribution in [0.4, 0.5) is 4.79 Å². The number of hydrogen-bond donors (Lipinski definition) is 1. The number of hydrogen-bond acceptors (Lipinski definition) is 4. The predicted molar refractivity (Wildman–Crippen MR) is 70.5 cm³/mol. The lowest BCUT2D eigenvalue weighted by Gasteiger charge is -2.27. The first-order valence-electron chi connectivity index (χ1n) is 6.50. The van der Waals surface area contributed by atoms with Crippen molar-refractivity contribution < 1.29 is 14.6 Å². The second-order valence-electron chi connectivity index (χ2n) is 6.24. The molecule has 18 heavy (non-hydrogen) atoms. The van der Waals surface area contributed by atoms with Gasteiger partial charge in [0.15, 0.2) is 0 Å². The second-order valence-corrected chi connectivity index (χ2v) is 6.24. The average Bonchev–Trinajstić information content (AvgIpc) is 2.62. The van der Waals surface area contributed by atoms with Gasteiger partial charge in [-0.1, -0.05) is 0 Å². The fourth-order valence-electron chi connectivity index (χ4n) is 2.13. The van der Waals surface area contributed by atoms with Crippen LogP contribution in [0.3, 0.4) is 0 Å². The first-order chi connectivity index (χ1) is 8.19. The van der Waals surface area contributed by atoms with Crippen molar-refractivity contribution in [3.63, 3.8) is 0 Å². The van der Waals surface area contributed by atoms with E-state index in [1.165, 1.54) is 4.90 Å². The summed E-state index contributed by atoms with van der Waals surface area (Å²) in [5.74, 6) is 0.250. The van der Waals surface area contributed by atoms with Gasteiger partial charge in [-0.05, 0) is 40.8 Å². The maximum absolute atomic E-state index is 11.8. The van der Waals surface area contributed by atoms with Crippen LogP contribution in [-0.4, -0.2) is 66.4 Å². The standard InChI is InChI=1S/C13H26N2O3/c1-13(2,3)18-12(17)15(5)9-11(16)10-6-7-14(4)8-10/h10-11,16H,6-9H2,1-5H3. The lowest BCUT2D eigenvalue weighted by molar-refractivity contribution is 0.0141. The van der Waals surface area contributed by atoms with Crippen LogP contribution in [0.15, 0.2) is 0 Å². The molecule has 1 heterocycles. The van der Waals surface area contributed by atoms with Crippen molar-refractivity contribution in [3.8, 4) is 0 Å². The molecule has 0 aromatic carbocycles. The molecule has 5 nitrogen and oxygen atoms in total. The molecular weight excluding hydrogens is 232 g/mol. The third-order valence-corrected chi connectivity index (χ3v) is 3.14. The molecule has 0 saturated carbocycles. The third kappa shape index (κ3) is 4.82. The van der Waals surface area contributed by atoms with Crippen LogP contribution in [0.1, 0.15) is 27.2 Å². The van der Waals surface area contributed by atoms with Gasteiger partial charge >= 0.3 is 6.09 Å². The number of ether oxygens (including phenoxy) is 1. The first kappa shape index (κ1) is 15.2. The lowest BCUT2D eigenvalue weighted by atomic mass is 10.0. The molecule has 1 fully saturated rings. The Bertz CT molecular complexity index is 288. The van der Waals surface area contributed by atoms with E-state index in [-0.39, 0.29) is 12.0 Å². The minimum Gasteiger partial charge on any atom is -0.444 e. The summed E-state index contributed by atoms with van der Waals surface area (Å²) in [5, 5.41) is 10.1. The Labute approximate surface area is 110 Å². The minimum absolute atomic E-state index is 0.250. The number of aliphatic hydroxyl groups excluding tert-OH is 1. The number of nitrogens with zero attached hydrogens (tertiary/aromatic N) is 2. The molecule has 0 spiro atoms. The zero-order valence-electron chi connectivity index (χ0n) is 12.1. The predicted octanol–water partition coefficient (Wildman–Crippen LogP) is 1.17. The molecule has 2 unspecified atom stereocenters. The van der Waals surface area contributed by atoms with Gasteiger partial charge in [0, 0.05) is 26.1 Å². The molecule has 0 bridgehead atoms. The molecule has 0 radical (unpaired) electrons. The maximum atomic E-state index is 11.8. The van der Waals surface area contributed by atoms with Crippen molar-refractivity contribution in [2.24, 2.45) is 5.92 Å². The van der Waals surface area contributed by atoms with Crippen molar-refractivity contribution in [1.29, 1.82) is 0 Å². The van der Waals surface area contributed by atoms with E-state index >= 15 is 0 Å². The summed E-state index contributed by atoms with van der Waals surface area (Å²) < 4.78 is 5.25. The van der Waals surface area contributed by atoms with E-state index in [9.17, 15) is 9.90 Å². The molecule has 2 atom stereocenters. The molecule has 0 aromatic rings. The molecule has 0 aromatic heterocycles. The number of aliphatic hydroxyl groups is 1. The van der Waals surface area contributed by atoms with E-state index in [0.29, 0.717) is 6.54 Å². The fourth-order valence-corrected chi connectivity index (χ4v) is 2.13. The van der Waals surface area contributed by atoms with Crippen LogP contribution in [0, 0.1) is 5.92 Å². The summed E-state index contributed by atoms with van der Waals surface area (Å²) in [7, 11) is 3.71. The summed E-state index contributed by atoms with van der Waals surface area (Å²) in [5.41, 5.74) is -0.496. The van der Waals surface area contributed by atoms with Crippen molar-refractivity contribution >= 4 is 6.09 Å². The molecule has 5 heteroatoms.